The summed E-state index contributed by atoms with van der Waals surface area (Å²) in [6.07, 6.45) is 3.80. The van der Waals surface area contributed by atoms with E-state index >= 15 is 0 Å². The molecule has 0 saturated heterocycles. The van der Waals surface area contributed by atoms with Gasteiger partial charge in [0.25, 0.3) is 0 Å². The molecule has 3 N–H and O–H groups in total. The molecule has 2 aromatic rings. The molecule has 1 amide bonds. The largest absolute Gasteiger partial charge is 0.357 e. The second-order valence-corrected chi connectivity index (χ2v) is 6.91. The van der Waals surface area contributed by atoms with Crippen LogP contribution in [0, 0.1) is 0 Å². The number of aromatic nitrogens is 1. The van der Waals surface area contributed by atoms with Gasteiger partial charge in [0, 0.05) is 37.1 Å². The van der Waals surface area contributed by atoms with Gasteiger partial charge in [-0.3, -0.25) is 4.79 Å². The minimum atomic E-state index is -0.0985. The van der Waals surface area contributed by atoms with Crippen LogP contribution in [-0.4, -0.2) is 36.5 Å². The van der Waals surface area contributed by atoms with Crippen molar-refractivity contribution in [3.05, 3.63) is 52.0 Å². The number of nitrogens with one attached hydrogen (secondary N) is 3. The number of aliphatic imine (C=N–C) groups is 1. The summed E-state index contributed by atoms with van der Waals surface area (Å²) in [5.74, 6) is 0.549. The summed E-state index contributed by atoms with van der Waals surface area (Å²) in [7, 11) is 0. The molecule has 1 aromatic heterocycles. The number of thiazole rings is 1. The van der Waals surface area contributed by atoms with E-state index in [0.29, 0.717) is 12.5 Å². The summed E-state index contributed by atoms with van der Waals surface area (Å²) in [5.41, 5.74) is 1.07. The normalized spacial score (nSPS) is 11.2. The third-order valence-corrected chi connectivity index (χ3v) is 4.84. The van der Waals surface area contributed by atoms with E-state index < -0.39 is 0 Å². The first-order valence-electron chi connectivity index (χ1n) is 8.97. The smallest absolute Gasteiger partial charge is 0.242 e. The van der Waals surface area contributed by atoms with Crippen molar-refractivity contribution in [3.63, 3.8) is 0 Å². The topological polar surface area (TPSA) is 78.4 Å². The number of hydrogen-bond acceptors (Lipinski definition) is 4. The van der Waals surface area contributed by atoms with Gasteiger partial charge in [-0.15, -0.1) is 11.3 Å². The lowest BCUT2D eigenvalue weighted by atomic mass is 10.2. The number of rotatable bonds is 9. The molecule has 0 aliphatic rings. The Bertz CT molecular complexity index is 699. The van der Waals surface area contributed by atoms with Crippen LogP contribution in [0.2, 0.25) is 0 Å². The van der Waals surface area contributed by atoms with Crippen molar-refractivity contribution < 1.29 is 4.79 Å². The maximum Gasteiger partial charge on any atom is 0.242 e. The van der Waals surface area contributed by atoms with Crippen LogP contribution in [0.1, 0.15) is 29.3 Å². The van der Waals surface area contributed by atoms with Crippen molar-refractivity contribution >= 4 is 23.2 Å². The van der Waals surface area contributed by atoms with E-state index in [1.165, 1.54) is 4.88 Å². The molecule has 0 bridgehead atoms. The third kappa shape index (κ3) is 7.23. The summed E-state index contributed by atoms with van der Waals surface area (Å²) in [6.45, 7) is 6.22. The van der Waals surface area contributed by atoms with Crippen LogP contribution in [-0.2, 0) is 24.2 Å². The molecule has 0 unspecified atom stereocenters. The Labute approximate surface area is 159 Å². The fourth-order valence-corrected chi connectivity index (χ4v) is 3.12. The Morgan fingerprint density at radius 3 is 2.65 bits per heavy atom. The quantitative estimate of drug-likeness (QED) is 0.465. The number of aryl methyl sites for hydroxylation is 1. The molecule has 0 aliphatic carbocycles. The lowest BCUT2D eigenvalue weighted by Crippen LogP contribution is -2.39. The molecule has 1 aromatic carbocycles. The summed E-state index contributed by atoms with van der Waals surface area (Å²) in [6, 6.07) is 9.84. The number of carbonyl (C=O) groups is 1. The lowest BCUT2D eigenvalue weighted by molar-refractivity contribution is -0.119. The van der Waals surface area contributed by atoms with Gasteiger partial charge in [-0.1, -0.05) is 37.3 Å². The van der Waals surface area contributed by atoms with E-state index in [9.17, 15) is 4.79 Å². The fourth-order valence-electron chi connectivity index (χ4n) is 2.26. The monoisotopic (exact) mass is 373 g/mol. The Balaban J connectivity index is 1.74. The van der Waals surface area contributed by atoms with Crippen molar-refractivity contribution in [2.75, 3.05) is 19.6 Å². The lowest BCUT2D eigenvalue weighted by Gasteiger charge is -2.10. The van der Waals surface area contributed by atoms with Crippen LogP contribution in [0.25, 0.3) is 0 Å². The molecule has 0 aliphatic heterocycles. The number of benzene rings is 1. The maximum atomic E-state index is 12.0. The molecule has 1 heterocycles. The zero-order chi connectivity index (χ0) is 18.6. The van der Waals surface area contributed by atoms with E-state index in [1.54, 1.807) is 11.3 Å². The highest BCUT2D eigenvalue weighted by Gasteiger charge is 2.04. The van der Waals surface area contributed by atoms with Gasteiger partial charge < -0.3 is 16.0 Å². The minimum absolute atomic E-state index is 0.0966. The first kappa shape index (κ1) is 19.9. The van der Waals surface area contributed by atoms with Gasteiger partial charge in [0.05, 0.1) is 5.01 Å². The predicted molar refractivity (Wildman–Crippen MR) is 107 cm³/mol. The van der Waals surface area contributed by atoms with E-state index in [4.69, 9.17) is 0 Å². The highest BCUT2D eigenvalue weighted by molar-refractivity contribution is 7.11. The van der Waals surface area contributed by atoms with Crippen LogP contribution in [0.3, 0.4) is 0 Å². The van der Waals surface area contributed by atoms with E-state index in [-0.39, 0.29) is 12.5 Å². The molecule has 6 nitrogen and oxygen atoms in total. The van der Waals surface area contributed by atoms with Gasteiger partial charge in [-0.2, -0.15) is 0 Å². The Morgan fingerprint density at radius 1 is 1.15 bits per heavy atom. The Hall–Kier alpha value is -2.41. The van der Waals surface area contributed by atoms with Crippen LogP contribution in [0.15, 0.2) is 41.5 Å². The Kier molecular flexibility index (Phi) is 8.62. The molecule has 0 spiro atoms. The fraction of sp³-hybridized carbons (Fsp3) is 0.421. The molecule has 0 atom stereocenters. The summed E-state index contributed by atoms with van der Waals surface area (Å²) in [4.78, 5) is 22.0. The second kappa shape index (κ2) is 11.3. The van der Waals surface area contributed by atoms with Crippen LogP contribution in [0.5, 0.6) is 0 Å². The molecule has 0 fully saturated rings. The van der Waals surface area contributed by atoms with Crippen molar-refractivity contribution in [3.8, 4) is 0 Å². The van der Waals surface area contributed by atoms with Crippen molar-refractivity contribution in [1.29, 1.82) is 0 Å². The van der Waals surface area contributed by atoms with Gasteiger partial charge in [-0.05, 0) is 18.9 Å². The van der Waals surface area contributed by atoms with E-state index in [0.717, 1.165) is 36.5 Å². The molecule has 140 valence electrons. The van der Waals surface area contributed by atoms with E-state index in [1.807, 2.05) is 43.5 Å². The van der Waals surface area contributed by atoms with Gasteiger partial charge in [0.2, 0.25) is 5.91 Å². The van der Waals surface area contributed by atoms with E-state index in [2.05, 4.69) is 32.9 Å². The molecule has 26 heavy (non-hydrogen) atoms. The zero-order valence-corrected chi connectivity index (χ0v) is 16.2. The van der Waals surface area contributed by atoms with Crippen LogP contribution >= 0.6 is 11.3 Å². The summed E-state index contributed by atoms with van der Waals surface area (Å²) >= 11 is 1.75. The molecule has 7 heteroatoms. The molecule has 0 radical (unpaired) electrons. The Morgan fingerprint density at radius 2 is 1.96 bits per heavy atom. The molecular weight excluding hydrogens is 346 g/mol. The number of hydrogen-bond donors (Lipinski definition) is 3. The third-order valence-electron chi connectivity index (χ3n) is 3.64. The average Bonchev–Trinajstić information content (AvgIpc) is 3.13. The van der Waals surface area contributed by atoms with Crippen molar-refractivity contribution in [2.45, 2.75) is 33.2 Å². The van der Waals surface area contributed by atoms with Crippen LogP contribution in [0.4, 0.5) is 0 Å². The molecular formula is C19H27N5OS. The highest BCUT2D eigenvalue weighted by Crippen LogP contribution is 2.13. The number of carbonyl (C=O) groups excluding carboxylic acids is 1. The van der Waals surface area contributed by atoms with Gasteiger partial charge in [0.15, 0.2) is 5.96 Å². The number of nitrogens with zero attached hydrogens (tertiary/aromatic N) is 2. The second-order valence-electron chi connectivity index (χ2n) is 5.71. The predicted octanol–water partition coefficient (Wildman–Crippen LogP) is 2.12. The van der Waals surface area contributed by atoms with Gasteiger partial charge in [-0.25, -0.2) is 9.98 Å². The van der Waals surface area contributed by atoms with Crippen molar-refractivity contribution in [2.24, 2.45) is 4.99 Å². The highest BCUT2D eigenvalue weighted by atomic mass is 32.1. The minimum Gasteiger partial charge on any atom is -0.357 e. The summed E-state index contributed by atoms with van der Waals surface area (Å²) < 4.78 is 0. The first-order chi connectivity index (χ1) is 12.7. The average molecular weight is 374 g/mol. The molecule has 0 saturated carbocycles. The molecule has 2 rings (SSSR count). The van der Waals surface area contributed by atoms with Gasteiger partial charge >= 0.3 is 0 Å². The zero-order valence-electron chi connectivity index (χ0n) is 15.4. The number of amides is 1. The first-order valence-corrected chi connectivity index (χ1v) is 9.79. The maximum absolute atomic E-state index is 12.0. The van der Waals surface area contributed by atoms with Crippen molar-refractivity contribution in [1.82, 2.24) is 20.9 Å². The number of guanidine groups is 1. The van der Waals surface area contributed by atoms with Crippen LogP contribution < -0.4 is 16.0 Å². The van der Waals surface area contributed by atoms with Gasteiger partial charge in [0.1, 0.15) is 6.54 Å². The summed E-state index contributed by atoms with van der Waals surface area (Å²) in [5, 5.41) is 10.4. The standard InChI is InChI=1S/C19H27N5OS/c1-3-16-13-23-18(26-16)10-11-21-19(20-4-2)24-14-17(25)22-12-15-8-6-5-7-9-15/h5-9,13H,3-4,10-12,14H2,1-2H3,(H,22,25)(H2,20,21,24). The SMILES string of the molecule is CCNC(=NCC(=O)NCc1ccccc1)NCCc1ncc(CC)s1.